The number of hydrogen-bond acceptors (Lipinski definition) is 2. The topological polar surface area (TPSA) is 57.8 Å². The third-order valence-electron chi connectivity index (χ3n) is 0.987. The summed E-state index contributed by atoms with van der Waals surface area (Å²) in [7, 11) is 1.58. The van der Waals surface area contributed by atoms with E-state index in [2.05, 4.69) is 15.5 Å². The molecule has 0 fully saturated rings. The molecule has 1 heterocycles. The Morgan fingerprint density at radius 3 is 2.64 bits per heavy atom. The first-order valence-electron chi connectivity index (χ1n) is 3.55. The SMILES string of the molecule is CC.CNC(=O)c1cn[nH]c1. The van der Waals surface area contributed by atoms with Gasteiger partial charge in [-0.2, -0.15) is 5.10 Å². The van der Waals surface area contributed by atoms with Crippen molar-refractivity contribution >= 4 is 5.91 Å². The molecule has 0 aromatic carbocycles. The third kappa shape index (κ3) is 2.84. The lowest BCUT2D eigenvalue weighted by Crippen LogP contribution is -2.16. The molecule has 0 saturated carbocycles. The van der Waals surface area contributed by atoms with Crippen LogP contribution < -0.4 is 5.32 Å². The summed E-state index contributed by atoms with van der Waals surface area (Å²) < 4.78 is 0. The molecule has 0 radical (unpaired) electrons. The van der Waals surface area contributed by atoms with Crippen molar-refractivity contribution in [2.75, 3.05) is 7.05 Å². The molecule has 11 heavy (non-hydrogen) atoms. The highest BCUT2D eigenvalue weighted by Gasteiger charge is 2.00. The minimum Gasteiger partial charge on any atom is -0.355 e. The summed E-state index contributed by atoms with van der Waals surface area (Å²) >= 11 is 0. The average molecular weight is 155 g/mol. The molecular formula is C7H13N3O. The van der Waals surface area contributed by atoms with Gasteiger partial charge in [0.1, 0.15) is 0 Å². The number of carbonyl (C=O) groups excluding carboxylic acids is 1. The van der Waals surface area contributed by atoms with Crippen molar-refractivity contribution < 1.29 is 4.79 Å². The van der Waals surface area contributed by atoms with E-state index in [1.54, 1.807) is 13.2 Å². The van der Waals surface area contributed by atoms with Crippen LogP contribution in [0.4, 0.5) is 0 Å². The summed E-state index contributed by atoms with van der Waals surface area (Å²) in [6.07, 6.45) is 3.01. The van der Waals surface area contributed by atoms with E-state index < -0.39 is 0 Å². The summed E-state index contributed by atoms with van der Waals surface area (Å²) in [5.74, 6) is -0.122. The highest BCUT2D eigenvalue weighted by molar-refractivity contribution is 5.93. The monoisotopic (exact) mass is 155 g/mol. The highest BCUT2D eigenvalue weighted by atomic mass is 16.1. The zero-order valence-electron chi connectivity index (χ0n) is 7.01. The smallest absolute Gasteiger partial charge is 0.254 e. The second-order valence-electron chi connectivity index (χ2n) is 1.57. The Bertz CT molecular complexity index is 193. The lowest BCUT2D eigenvalue weighted by atomic mass is 10.3. The molecular weight excluding hydrogens is 142 g/mol. The molecule has 0 aliphatic carbocycles. The fourth-order valence-corrected chi connectivity index (χ4v) is 0.519. The van der Waals surface area contributed by atoms with Crippen molar-refractivity contribution in [1.29, 1.82) is 0 Å². The molecule has 1 amide bonds. The van der Waals surface area contributed by atoms with E-state index in [0.717, 1.165) is 0 Å². The van der Waals surface area contributed by atoms with Gasteiger partial charge in [-0.25, -0.2) is 0 Å². The van der Waals surface area contributed by atoms with Crippen molar-refractivity contribution in [2.24, 2.45) is 0 Å². The fraction of sp³-hybridized carbons (Fsp3) is 0.429. The van der Waals surface area contributed by atoms with Crippen LogP contribution in [-0.4, -0.2) is 23.2 Å². The van der Waals surface area contributed by atoms with Crippen LogP contribution in [-0.2, 0) is 0 Å². The summed E-state index contributed by atoms with van der Waals surface area (Å²) in [5.41, 5.74) is 0.553. The molecule has 1 aromatic heterocycles. The predicted octanol–water partition coefficient (Wildman–Crippen LogP) is 0.795. The lowest BCUT2D eigenvalue weighted by Gasteiger charge is -1.89. The zero-order chi connectivity index (χ0) is 8.69. The number of rotatable bonds is 1. The minimum absolute atomic E-state index is 0.122. The lowest BCUT2D eigenvalue weighted by molar-refractivity contribution is 0.0963. The van der Waals surface area contributed by atoms with E-state index in [-0.39, 0.29) is 5.91 Å². The van der Waals surface area contributed by atoms with Crippen LogP contribution in [0.2, 0.25) is 0 Å². The average Bonchev–Trinajstić information content (AvgIpc) is 2.59. The Morgan fingerprint density at radius 1 is 1.64 bits per heavy atom. The Kier molecular flexibility index (Phi) is 4.81. The van der Waals surface area contributed by atoms with Crippen LogP contribution in [0.25, 0.3) is 0 Å². The van der Waals surface area contributed by atoms with Gasteiger partial charge in [-0.05, 0) is 0 Å². The molecule has 62 valence electrons. The zero-order valence-corrected chi connectivity index (χ0v) is 7.01. The van der Waals surface area contributed by atoms with E-state index in [0.29, 0.717) is 5.56 Å². The number of nitrogens with zero attached hydrogens (tertiary/aromatic N) is 1. The molecule has 0 atom stereocenters. The van der Waals surface area contributed by atoms with Gasteiger partial charge in [-0.1, -0.05) is 13.8 Å². The van der Waals surface area contributed by atoms with Crippen LogP contribution in [0.5, 0.6) is 0 Å². The molecule has 0 aliphatic rings. The molecule has 0 saturated heterocycles. The number of carbonyl (C=O) groups is 1. The summed E-state index contributed by atoms with van der Waals surface area (Å²) in [6.45, 7) is 4.00. The summed E-state index contributed by atoms with van der Waals surface area (Å²) in [5, 5.41) is 8.61. The van der Waals surface area contributed by atoms with E-state index >= 15 is 0 Å². The van der Waals surface area contributed by atoms with Gasteiger partial charge in [-0.15, -0.1) is 0 Å². The maximum Gasteiger partial charge on any atom is 0.254 e. The summed E-state index contributed by atoms with van der Waals surface area (Å²) in [4.78, 5) is 10.7. The second kappa shape index (κ2) is 5.46. The van der Waals surface area contributed by atoms with Crippen LogP contribution in [0.15, 0.2) is 12.4 Å². The van der Waals surface area contributed by atoms with Gasteiger partial charge in [0.05, 0.1) is 11.8 Å². The molecule has 4 heteroatoms. The number of amides is 1. The molecule has 0 aliphatic heterocycles. The standard InChI is InChI=1S/C5H7N3O.C2H6/c1-6-5(9)4-2-7-8-3-4;1-2/h2-3H,1H3,(H,6,9)(H,7,8);1-2H3. The van der Waals surface area contributed by atoms with Crippen LogP contribution in [0, 0.1) is 0 Å². The predicted molar refractivity (Wildman–Crippen MR) is 43.3 cm³/mol. The first-order valence-corrected chi connectivity index (χ1v) is 3.55. The quantitative estimate of drug-likeness (QED) is 0.630. The molecule has 0 unspecified atom stereocenters. The Hall–Kier alpha value is -1.32. The van der Waals surface area contributed by atoms with Crippen LogP contribution in [0.3, 0.4) is 0 Å². The van der Waals surface area contributed by atoms with Gasteiger partial charge in [0.15, 0.2) is 0 Å². The van der Waals surface area contributed by atoms with Gasteiger partial charge < -0.3 is 5.32 Å². The van der Waals surface area contributed by atoms with E-state index in [9.17, 15) is 4.79 Å². The van der Waals surface area contributed by atoms with Gasteiger partial charge >= 0.3 is 0 Å². The highest BCUT2D eigenvalue weighted by Crippen LogP contribution is 1.90. The minimum atomic E-state index is -0.122. The van der Waals surface area contributed by atoms with Crippen LogP contribution in [0.1, 0.15) is 24.2 Å². The first-order chi connectivity index (χ1) is 5.34. The van der Waals surface area contributed by atoms with Crippen molar-refractivity contribution in [3.8, 4) is 0 Å². The Balaban J connectivity index is 0.000000461. The fourth-order valence-electron chi connectivity index (χ4n) is 0.519. The first kappa shape index (κ1) is 9.68. The number of H-pyrrole nitrogens is 1. The van der Waals surface area contributed by atoms with Gasteiger partial charge in [0, 0.05) is 13.2 Å². The van der Waals surface area contributed by atoms with Crippen molar-refractivity contribution in [3.05, 3.63) is 18.0 Å². The van der Waals surface area contributed by atoms with E-state index in [1.165, 1.54) is 6.20 Å². The third-order valence-corrected chi connectivity index (χ3v) is 0.987. The summed E-state index contributed by atoms with van der Waals surface area (Å²) in [6, 6.07) is 0. The van der Waals surface area contributed by atoms with E-state index in [1.807, 2.05) is 13.8 Å². The largest absolute Gasteiger partial charge is 0.355 e. The number of hydrogen-bond donors (Lipinski definition) is 2. The number of aromatic amines is 1. The molecule has 1 aromatic rings. The maximum atomic E-state index is 10.7. The van der Waals surface area contributed by atoms with Crippen molar-refractivity contribution in [3.63, 3.8) is 0 Å². The Labute approximate surface area is 66.0 Å². The molecule has 1 rings (SSSR count). The van der Waals surface area contributed by atoms with Gasteiger partial charge in [0.25, 0.3) is 5.91 Å². The van der Waals surface area contributed by atoms with E-state index in [4.69, 9.17) is 0 Å². The number of aromatic nitrogens is 2. The maximum absolute atomic E-state index is 10.7. The van der Waals surface area contributed by atoms with Gasteiger partial charge in [0.2, 0.25) is 0 Å². The number of nitrogens with one attached hydrogen (secondary N) is 2. The normalized spacial score (nSPS) is 7.91. The molecule has 4 nitrogen and oxygen atoms in total. The molecule has 0 bridgehead atoms. The van der Waals surface area contributed by atoms with Crippen LogP contribution >= 0.6 is 0 Å². The molecule has 2 N–H and O–H groups in total. The van der Waals surface area contributed by atoms with Crippen molar-refractivity contribution in [1.82, 2.24) is 15.5 Å². The van der Waals surface area contributed by atoms with Gasteiger partial charge in [-0.3, -0.25) is 9.89 Å². The Morgan fingerprint density at radius 2 is 2.27 bits per heavy atom. The second-order valence-corrected chi connectivity index (χ2v) is 1.57. The molecule has 0 spiro atoms. The van der Waals surface area contributed by atoms with Crippen molar-refractivity contribution in [2.45, 2.75) is 13.8 Å².